The highest BCUT2D eigenvalue weighted by atomic mass is 127. The highest BCUT2D eigenvalue weighted by Gasteiger charge is 2.09. The molecule has 24 heavy (non-hydrogen) atoms. The molecule has 134 valence electrons. The fourth-order valence-corrected chi connectivity index (χ4v) is 2.68. The molecule has 0 amide bonds. The lowest BCUT2D eigenvalue weighted by atomic mass is 10.2. The first kappa shape index (κ1) is 20.8. The van der Waals surface area contributed by atoms with Gasteiger partial charge in [0.05, 0.1) is 17.8 Å². The third kappa shape index (κ3) is 6.01. The number of guanidine groups is 1. The molecule has 0 bridgehead atoms. The van der Waals surface area contributed by atoms with E-state index in [0.29, 0.717) is 0 Å². The van der Waals surface area contributed by atoms with Crippen molar-refractivity contribution in [1.82, 2.24) is 24.6 Å². The molecule has 2 aromatic rings. The summed E-state index contributed by atoms with van der Waals surface area (Å²) in [5, 5.41) is 8.27. The van der Waals surface area contributed by atoms with Gasteiger partial charge in [-0.2, -0.15) is 5.10 Å². The lowest BCUT2D eigenvalue weighted by Gasteiger charge is -2.22. The molecule has 1 N–H and O–H groups in total. The maximum Gasteiger partial charge on any atom is 0.194 e. The molecule has 0 saturated carbocycles. The number of aryl methyl sites for hydroxylation is 2. The number of hydrogen-bond acceptors (Lipinski definition) is 2. The second-order valence-corrected chi connectivity index (χ2v) is 6.06. The van der Waals surface area contributed by atoms with E-state index in [4.69, 9.17) is 16.6 Å². The van der Waals surface area contributed by atoms with Crippen molar-refractivity contribution in [2.24, 2.45) is 19.1 Å². The van der Waals surface area contributed by atoms with E-state index in [9.17, 15) is 0 Å². The quantitative estimate of drug-likeness (QED) is 0.406. The van der Waals surface area contributed by atoms with Gasteiger partial charge in [-0.15, -0.1) is 24.0 Å². The predicted octanol–water partition coefficient (Wildman–Crippen LogP) is 2.67. The van der Waals surface area contributed by atoms with Crippen LogP contribution in [-0.2, 0) is 27.1 Å². The zero-order valence-corrected chi connectivity index (χ0v) is 17.7. The van der Waals surface area contributed by atoms with Gasteiger partial charge in [0.15, 0.2) is 5.96 Å². The molecular weight excluding hydrogens is 439 g/mol. The number of hydrogen-bond donors (Lipinski definition) is 1. The van der Waals surface area contributed by atoms with Gasteiger partial charge < -0.3 is 14.8 Å². The Morgan fingerprint density at radius 1 is 1.38 bits per heavy atom. The van der Waals surface area contributed by atoms with Gasteiger partial charge in [-0.25, -0.2) is 0 Å². The Bertz CT molecular complexity index is 663. The van der Waals surface area contributed by atoms with Crippen molar-refractivity contribution in [1.29, 1.82) is 0 Å². The van der Waals surface area contributed by atoms with E-state index in [1.165, 1.54) is 5.56 Å². The maximum atomic E-state index is 6.05. The van der Waals surface area contributed by atoms with E-state index >= 15 is 0 Å². The summed E-state index contributed by atoms with van der Waals surface area (Å²) in [5.41, 5.74) is 2.35. The number of aliphatic imine (C=N–C) groups is 1. The second-order valence-electron chi connectivity index (χ2n) is 5.62. The minimum absolute atomic E-state index is 0. The Hall–Kier alpha value is -1.22. The topological polar surface area (TPSA) is 50.4 Å². The standard InChI is InChI=1S/C16H25ClN6.HI/c1-5-18-16(19-7-6-13-9-20-23(4)10-13)22(3)12-15-8-14(17)11-21(15)2;/h8-11H,5-7,12H2,1-4H3,(H,18,19);1H. The minimum atomic E-state index is 0. The van der Waals surface area contributed by atoms with Crippen molar-refractivity contribution in [2.45, 2.75) is 19.9 Å². The fourth-order valence-electron chi connectivity index (χ4n) is 2.40. The van der Waals surface area contributed by atoms with Crippen LogP contribution in [0.2, 0.25) is 5.02 Å². The van der Waals surface area contributed by atoms with Crippen molar-refractivity contribution >= 4 is 41.5 Å². The molecule has 0 aliphatic heterocycles. The SMILES string of the molecule is CCNC(=NCCc1cnn(C)c1)N(C)Cc1cc(Cl)cn1C.I. The lowest BCUT2D eigenvalue weighted by Crippen LogP contribution is -2.39. The van der Waals surface area contributed by atoms with Crippen LogP contribution >= 0.6 is 35.6 Å². The smallest absolute Gasteiger partial charge is 0.194 e. The van der Waals surface area contributed by atoms with E-state index in [1.54, 1.807) is 0 Å². The van der Waals surface area contributed by atoms with Gasteiger partial charge >= 0.3 is 0 Å². The first-order chi connectivity index (χ1) is 11.0. The van der Waals surface area contributed by atoms with E-state index in [2.05, 4.69) is 22.2 Å². The fraction of sp³-hybridized carbons (Fsp3) is 0.500. The zero-order chi connectivity index (χ0) is 16.8. The van der Waals surface area contributed by atoms with Crippen LogP contribution in [0.3, 0.4) is 0 Å². The van der Waals surface area contributed by atoms with Crippen molar-refractivity contribution in [3.63, 3.8) is 0 Å². The summed E-state index contributed by atoms with van der Waals surface area (Å²) in [4.78, 5) is 6.81. The Morgan fingerprint density at radius 2 is 2.12 bits per heavy atom. The highest BCUT2D eigenvalue weighted by Crippen LogP contribution is 2.14. The summed E-state index contributed by atoms with van der Waals surface area (Å²) >= 11 is 6.05. The molecule has 0 aliphatic carbocycles. The van der Waals surface area contributed by atoms with E-state index in [-0.39, 0.29) is 24.0 Å². The Kier molecular flexibility index (Phi) is 8.61. The summed E-state index contributed by atoms with van der Waals surface area (Å²) < 4.78 is 3.85. The molecule has 0 aromatic carbocycles. The monoisotopic (exact) mass is 464 g/mol. The number of aromatic nitrogens is 3. The van der Waals surface area contributed by atoms with Crippen LogP contribution in [-0.4, -0.2) is 45.3 Å². The summed E-state index contributed by atoms with van der Waals surface area (Å²) in [7, 11) is 5.96. The number of halogens is 2. The molecule has 0 saturated heterocycles. The molecule has 0 unspecified atom stereocenters. The number of nitrogens with zero attached hydrogens (tertiary/aromatic N) is 5. The van der Waals surface area contributed by atoms with Crippen LogP contribution in [0, 0.1) is 0 Å². The third-order valence-electron chi connectivity index (χ3n) is 3.59. The van der Waals surface area contributed by atoms with E-state index in [0.717, 1.165) is 42.7 Å². The lowest BCUT2D eigenvalue weighted by molar-refractivity contribution is 0.462. The largest absolute Gasteiger partial charge is 0.357 e. The van der Waals surface area contributed by atoms with Crippen molar-refractivity contribution < 1.29 is 0 Å². The van der Waals surface area contributed by atoms with Gasteiger partial charge in [0.2, 0.25) is 0 Å². The third-order valence-corrected chi connectivity index (χ3v) is 3.80. The summed E-state index contributed by atoms with van der Waals surface area (Å²) in [6.07, 6.45) is 6.71. The highest BCUT2D eigenvalue weighted by molar-refractivity contribution is 14.0. The molecule has 2 aromatic heterocycles. The Labute approximate surface area is 165 Å². The van der Waals surface area contributed by atoms with Crippen LogP contribution in [0.4, 0.5) is 0 Å². The van der Waals surface area contributed by atoms with Gasteiger partial charge in [-0.05, 0) is 25.0 Å². The molecule has 2 rings (SSSR count). The van der Waals surface area contributed by atoms with E-state index < -0.39 is 0 Å². The first-order valence-corrected chi connectivity index (χ1v) is 8.15. The van der Waals surface area contributed by atoms with Crippen molar-refractivity contribution in [3.05, 3.63) is 40.9 Å². The van der Waals surface area contributed by atoms with Gasteiger partial charge in [0, 0.05) is 52.3 Å². The Morgan fingerprint density at radius 3 is 2.67 bits per heavy atom. The molecule has 8 heteroatoms. The summed E-state index contributed by atoms with van der Waals surface area (Å²) in [6.45, 7) is 4.39. The summed E-state index contributed by atoms with van der Waals surface area (Å²) in [6, 6.07) is 1.98. The average Bonchev–Trinajstić information content (AvgIpc) is 3.03. The molecular formula is C16H26ClIN6. The maximum absolute atomic E-state index is 6.05. The number of nitrogens with one attached hydrogen (secondary N) is 1. The summed E-state index contributed by atoms with van der Waals surface area (Å²) in [5.74, 6) is 0.897. The van der Waals surface area contributed by atoms with Crippen LogP contribution in [0.5, 0.6) is 0 Å². The van der Waals surface area contributed by atoms with Gasteiger partial charge in [-0.3, -0.25) is 9.67 Å². The van der Waals surface area contributed by atoms with Crippen LogP contribution in [0.15, 0.2) is 29.6 Å². The molecule has 0 atom stereocenters. The van der Waals surface area contributed by atoms with Gasteiger partial charge in [0.25, 0.3) is 0 Å². The molecule has 0 fully saturated rings. The van der Waals surface area contributed by atoms with Crippen molar-refractivity contribution in [3.8, 4) is 0 Å². The van der Waals surface area contributed by atoms with Crippen LogP contribution in [0.1, 0.15) is 18.2 Å². The Balaban J connectivity index is 0.00000288. The average molecular weight is 465 g/mol. The van der Waals surface area contributed by atoms with Crippen molar-refractivity contribution in [2.75, 3.05) is 20.1 Å². The number of rotatable bonds is 6. The molecule has 0 spiro atoms. The normalized spacial score (nSPS) is 11.3. The predicted molar refractivity (Wildman–Crippen MR) is 110 cm³/mol. The molecule has 2 heterocycles. The minimum Gasteiger partial charge on any atom is -0.357 e. The molecule has 6 nitrogen and oxygen atoms in total. The second kappa shape index (κ2) is 9.93. The van der Waals surface area contributed by atoms with Gasteiger partial charge in [-0.1, -0.05) is 11.6 Å². The first-order valence-electron chi connectivity index (χ1n) is 7.77. The molecule has 0 radical (unpaired) electrons. The molecule has 0 aliphatic rings. The van der Waals surface area contributed by atoms with Crippen LogP contribution < -0.4 is 5.32 Å². The van der Waals surface area contributed by atoms with Crippen LogP contribution in [0.25, 0.3) is 0 Å². The van der Waals surface area contributed by atoms with Gasteiger partial charge in [0.1, 0.15) is 0 Å². The zero-order valence-electron chi connectivity index (χ0n) is 14.7. The van der Waals surface area contributed by atoms with E-state index in [1.807, 2.05) is 55.0 Å².